The standard InChI is InChI=1S/C18H24N2O2/c1-4-17(21)19-9-11-20(12-10-19)18(22)13-15(3)16-8-6-5-7-14(16)2/h5-8,13H,4,9-12H2,1-3H3/b15-13+. The van der Waals surface area contributed by atoms with Gasteiger partial charge in [-0.25, -0.2) is 0 Å². The highest BCUT2D eigenvalue weighted by atomic mass is 16.2. The average Bonchev–Trinajstić information content (AvgIpc) is 2.54. The van der Waals surface area contributed by atoms with E-state index < -0.39 is 0 Å². The van der Waals surface area contributed by atoms with E-state index >= 15 is 0 Å². The van der Waals surface area contributed by atoms with E-state index in [1.165, 1.54) is 5.56 Å². The van der Waals surface area contributed by atoms with Crippen molar-refractivity contribution in [3.05, 3.63) is 41.5 Å². The molecule has 1 aliphatic rings. The zero-order valence-corrected chi connectivity index (χ0v) is 13.6. The first-order chi connectivity index (χ1) is 10.5. The Bertz CT molecular complexity index is 585. The molecule has 4 nitrogen and oxygen atoms in total. The van der Waals surface area contributed by atoms with Crippen LogP contribution in [0.3, 0.4) is 0 Å². The van der Waals surface area contributed by atoms with Crippen LogP contribution in [0.4, 0.5) is 0 Å². The van der Waals surface area contributed by atoms with Crippen LogP contribution in [-0.2, 0) is 9.59 Å². The zero-order valence-electron chi connectivity index (χ0n) is 13.6. The van der Waals surface area contributed by atoms with E-state index in [0.717, 1.165) is 11.1 Å². The van der Waals surface area contributed by atoms with Crippen molar-refractivity contribution in [1.82, 2.24) is 9.80 Å². The maximum atomic E-state index is 12.4. The summed E-state index contributed by atoms with van der Waals surface area (Å²) in [6.07, 6.45) is 2.24. The lowest BCUT2D eigenvalue weighted by atomic mass is 10.0. The molecule has 22 heavy (non-hydrogen) atoms. The number of allylic oxidation sites excluding steroid dienone is 1. The molecule has 1 heterocycles. The van der Waals surface area contributed by atoms with Crippen molar-refractivity contribution in [3.63, 3.8) is 0 Å². The number of rotatable bonds is 3. The normalized spacial score (nSPS) is 15.9. The summed E-state index contributed by atoms with van der Waals surface area (Å²) in [5.41, 5.74) is 3.26. The number of piperazine rings is 1. The van der Waals surface area contributed by atoms with Crippen LogP contribution in [0.2, 0.25) is 0 Å². The van der Waals surface area contributed by atoms with Crippen LogP contribution in [0.5, 0.6) is 0 Å². The second-order valence-electron chi connectivity index (χ2n) is 5.70. The molecule has 2 rings (SSSR count). The summed E-state index contributed by atoms with van der Waals surface area (Å²) in [6.45, 7) is 8.38. The minimum Gasteiger partial charge on any atom is -0.339 e. The predicted octanol–water partition coefficient (Wildman–Crippen LogP) is 2.48. The summed E-state index contributed by atoms with van der Waals surface area (Å²) >= 11 is 0. The van der Waals surface area contributed by atoms with Crippen LogP contribution >= 0.6 is 0 Å². The second-order valence-corrected chi connectivity index (χ2v) is 5.70. The van der Waals surface area contributed by atoms with Crippen LogP contribution in [0.15, 0.2) is 30.3 Å². The molecule has 1 fully saturated rings. The lowest BCUT2D eigenvalue weighted by Crippen LogP contribution is -2.50. The number of hydrogen-bond donors (Lipinski definition) is 0. The molecule has 0 radical (unpaired) electrons. The molecule has 0 aromatic heterocycles. The molecular formula is C18H24N2O2. The van der Waals surface area contributed by atoms with Crippen molar-refractivity contribution in [1.29, 1.82) is 0 Å². The minimum atomic E-state index is 0.0318. The van der Waals surface area contributed by atoms with E-state index in [-0.39, 0.29) is 11.8 Å². The molecular weight excluding hydrogens is 276 g/mol. The molecule has 0 spiro atoms. The van der Waals surface area contributed by atoms with Crippen molar-refractivity contribution >= 4 is 17.4 Å². The van der Waals surface area contributed by atoms with Crippen LogP contribution in [0.1, 0.15) is 31.4 Å². The number of nitrogens with zero attached hydrogens (tertiary/aromatic N) is 2. The molecule has 1 saturated heterocycles. The van der Waals surface area contributed by atoms with Crippen molar-refractivity contribution in [2.24, 2.45) is 0 Å². The Balaban J connectivity index is 2.00. The van der Waals surface area contributed by atoms with E-state index in [1.54, 1.807) is 6.08 Å². The van der Waals surface area contributed by atoms with Gasteiger partial charge in [0.2, 0.25) is 11.8 Å². The third-order valence-corrected chi connectivity index (χ3v) is 4.16. The molecule has 4 heteroatoms. The largest absolute Gasteiger partial charge is 0.339 e. The predicted molar refractivity (Wildman–Crippen MR) is 88.3 cm³/mol. The number of carbonyl (C=O) groups excluding carboxylic acids is 2. The SMILES string of the molecule is CCC(=O)N1CCN(C(=O)/C=C(\C)c2ccccc2C)CC1. The molecule has 118 valence electrons. The number of amides is 2. The summed E-state index contributed by atoms with van der Waals surface area (Å²) in [4.78, 5) is 27.7. The van der Waals surface area contributed by atoms with E-state index in [4.69, 9.17) is 0 Å². The first kappa shape index (κ1) is 16.3. The van der Waals surface area contributed by atoms with Crippen molar-refractivity contribution in [2.75, 3.05) is 26.2 Å². The minimum absolute atomic E-state index is 0.0318. The fourth-order valence-electron chi connectivity index (χ4n) is 2.77. The van der Waals surface area contributed by atoms with Gasteiger partial charge in [-0.3, -0.25) is 9.59 Å². The molecule has 0 aliphatic carbocycles. The van der Waals surface area contributed by atoms with Gasteiger partial charge in [-0.05, 0) is 30.5 Å². The Labute approximate surface area is 132 Å². The molecule has 1 aromatic carbocycles. The zero-order chi connectivity index (χ0) is 16.1. The Morgan fingerprint density at radius 3 is 2.27 bits per heavy atom. The van der Waals surface area contributed by atoms with Crippen LogP contribution in [0.25, 0.3) is 5.57 Å². The second kappa shape index (κ2) is 7.25. The lowest BCUT2D eigenvalue weighted by molar-refractivity contribution is -0.137. The molecule has 0 N–H and O–H groups in total. The lowest BCUT2D eigenvalue weighted by Gasteiger charge is -2.34. The molecule has 1 aliphatic heterocycles. The summed E-state index contributed by atoms with van der Waals surface area (Å²) in [5, 5.41) is 0. The van der Waals surface area contributed by atoms with Gasteiger partial charge in [0, 0.05) is 38.7 Å². The molecule has 1 aromatic rings. The summed E-state index contributed by atoms with van der Waals surface area (Å²) in [5.74, 6) is 0.197. The fourth-order valence-corrected chi connectivity index (χ4v) is 2.77. The molecule has 0 unspecified atom stereocenters. The Morgan fingerprint density at radius 1 is 1.09 bits per heavy atom. The van der Waals surface area contributed by atoms with Gasteiger partial charge in [0.1, 0.15) is 0 Å². The van der Waals surface area contributed by atoms with E-state index in [0.29, 0.717) is 32.6 Å². The van der Waals surface area contributed by atoms with Gasteiger partial charge >= 0.3 is 0 Å². The fraction of sp³-hybridized carbons (Fsp3) is 0.444. The van der Waals surface area contributed by atoms with E-state index in [1.807, 2.05) is 54.8 Å². The van der Waals surface area contributed by atoms with E-state index in [9.17, 15) is 9.59 Å². The monoisotopic (exact) mass is 300 g/mol. The van der Waals surface area contributed by atoms with Gasteiger partial charge < -0.3 is 9.80 Å². The third kappa shape index (κ3) is 3.75. The highest BCUT2D eigenvalue weighted by Crippen LogP contribution is 2.18. The van der Waals surface area contributed by atoms with Gasteiger partial charge in [0.25, 0.3) is 0 Å². The van der Waals surface area contributed by atoms with Crippen LogP contribution in [0, 0.1) is 6.92 Å². The quantitative estimate of drug-likeness (QED) is 0.805. The van der Waals surface area contributed by atoms with E-state index in [2.05, 4.69) is 0 Å². The number of hydrogen-bond acceptors (Lipinski definition) is 2. The number of carbonyl (C=O) groups is 2. The van der Waals surface area contributed by atoms with Crippen LogP contribution in [-0.4, -0.2) is 47.8 Å². The summed E-state index contributed by atoms with van der Waals surface area (Å²) in [6, 6.07) is 8.07. The Hall–Kier alpha value is -2.10. The van der Waals surface area contributed by atoms with Gasteiger partial charge in [-0.15, -0.1) is 0 Å². The van der Waals surface area contributed by atoms with Gasteiger partial charge in [-0.1, -0.05) is 31.2 Å². The highest BCUT2D eigenvalue weighted by molar-refractivity contribution is 5.95. The van der Waals surface area contributed by atoms with Crippen LogP contribution < -0.4 is 0 Å². The number of aryl methyl sites for hydroxylation is 1. The maximum Gasteiger partial charge on any atom is 0.246 e. The Kier molecular flexibility index (Phi) is 5.36. The topological polar surface area (TPSA) is 40.6 Å². The third-order valence-electron chi connectivity index (χ3n) is 4.16. The first-order valence-electron chi connectivity index (χ1n) is 7.84. The van der Waals surface area contributed by atoms with Gasteiger partial charge in [0.15, 0.2) is 0 Å². The molecule has 0 saturated carbocycles. The summed E-state index contributed by atoms with van der Waals surface area (Å²) < 4.78 is 0. The number of benzene rings is 1. The van der Waals surface area contributed by atoms with Crippen molar-refractivity contribution < 1.29 is 9.59 Å². The Morgan fingerprint density at radius 2 is 1.68 bits per heavy atom. The highest BCUT2D eigenvalue weighted by Gasteiger charge is 2.22. The summed E-state index contributed by atoms with van der Waals surface area (Å²) in [7, 11) is 0. The smallest absolute Gasteiger partial charge is 0.246 e. The maximum absolute atomic E-state index is 12.4. The molecule has 0 atom stereocenters. The first-order valence-corrected chi connectivity index (χ1v) is 7.84. The molecule has 2 amide bonds. The van der Waals surface area contributed by atoms with Crippen molar-refractivity contribution in [2.45, 2.75) is 27.2 Å². The van der Waals surface area contributed by atoms with Gasteiger partial charge in [0.05, 0.1) is 0 Å². The van der Waals surface area contributed by atoms with Gasteiger partial charge in [-0.2, -0.15) is 0 Å². The molecule has 0 bridgehead atoms. The average molecular weight is 300 g/mol. The van der Waals surface area contributed by atoms with Crippen molar-refractivity contribution in [3.8, 4) is 0 Å².